The molecule has 4 rings (SSSR count). The lowest BCUT2D eigenvalue weighted by Gasteiger charge is -2.35. The van der Waals surface area contributed by atoms with Crippen molar-refractivity contribution in [2.75, 3.05) is 13.1 Å². The number of hydrogen-bond acceptors (Lipinski definition) is 3. The first-order chi connectivity index (χ1) is 9.90. The topological polar surface area (TPSA) is 32.6 Å². The summed E-state index contributed by atoms with van der Waals surface area (Å²) in [7, 11) is 0. The molecule has 0 bridgehead atoms. The summed E-state index contributed by atoms with van der Waals surface area (Å²) in [6.07, 6.45) is 9.40. The Morgan fingerprint density at radius 2 is 2.25 bits per heavy atom. The minimum absolute atomic E-state index is 0.674. The van der Waals surface area contributed by atoms with Gasteiger partial charge in [0.05, 0.1) is 11.7 Å². The van der Waals surface area contributed by atoms with Gasteiger partial charge in [-0.05, 0) is 50.9 Å². The van der Waals surface area contributed by atoms with Crippen molar-refractivity contribution >= 4 is 5.52 Å². The minimum atomic E-state index is 0.674. The van der Waals surface area contributed by atoms with Crippen molar-refractivity contribution in [1.29, 1.82) is 0 Å². The maximum Gasteiger partial charge on any atom is 0.0706 e. The minimum Gasteiger partial charge on any atom is -0.310 e. The Morgan fingerprint density at radius 1 is 1.25 bits per heavy atom. The van der Waals surface area contributed by atoms with Crippen LogP contribution in [0.4, 0.5) is 0 Å². The summed E-state index contributed by atoms with van der Waals surface area (Å²) in [6, 6.07) is 7.76. The molecule has 1 N–H and O–H groups in total. The van der Waals surface area contributed by atoms with Crippen LogP contribution < -0.4 is 5.32 Å². The number of rotatable bonds is 3. The average Bonchev–Trinajstić information content (AvgIpc) is 3.11. The van der Waals surface area contributed by atoms with Crippen molar-refractivity contribution in [2.24, 2.45) is 0 Å². The lowest BCUT2D eigenvalue weighted by atomic mass is 9.97. The molecule has 4 heterocycles. The number of fused-ring (bicyclic) bond motifs is 2. The summed E-state index contributed by atoms with van der Waals surface area (Å²) in [5, 5.41) is 8.15. The van der Waals surface area contributed by atoms with Gasteiger partial charge in [-0.15, -0.1) is 0 Å². The molecule has 4 heteroatoms. The average molecular weight is 270 g/mol. The van der Waals surface area contributed by atoms with Crippen LogP contribution in [0.1, 0.15) is 31.2 Å². The molecule has 2 aliphatic heterocycles. The van der Waals surface area contributed by atoms with Gasteiger partial charge in [-0.25, -0.2) is 4.52 Å². The summed E-state index contributed by atoms with van der Waals surface area (Å²) in [6.45, 7) is 3.54. The molecule has 20 heavy (non-hydrogen) atoms. The second kappa shape index (κ2) is 5.19. The first-order valence-corrected chi connectivity index (χ1v) is 7.79. The van der Waals surface area contributed by atoms with Crippen LogP contribution in [-0.4, -0.2) is 39.7 Å². The van der Waals surface area contributed by atoms with E-state index in [0.717, 1.165) is 12.6 Å². The predicted molar refractivity (Wildman–Crippen MR) is 79.6 cm³/mol. The van der Waals surface area contributed by atoms with E-state index in [1.807, 2.05) is 23.0 Å². The molecule has 106 valence electrons. The molecule has 2 fully saturated rings. The lowest BCUT2D eigenvalue weighted by molar-refractivity contribution is 0.166. The summed E-state index contributed by atoms with van der Waals surface area (Å²) < 4.78 is 1.95. The molecule has 0 aliphatic carbocycles. The highest BCUT2D eigenvalue weighted by molar-refractivity contribution is 5.53. The second-order valence-corrected chi connectivity index (χ2v) is 6.13. The van der Waals surface area contributed by atoms with Crippen molar-refractivity contribution in [3.63, 3.8) is 0 Å². The van der Waals surface area contributed by atoms with E-state index in [1.165, 1.54) is 49.9 Å². The molecule has 0 radical (unpaired) electrons. The molecular formula is C16H22N4. The number of hydrogen-bond donors (Lipinski definition) is 1. The number of piperidine rings is 1. The first-order valence-electron chi connectivity index (χ1n) is 7.79. The number of nitrogens with one attached hydrogen (secondary N) is 1. The Balaban J connectivity index is 1.40. The fourth-order valence-corrected chi connectivity index (χ4v) is 3.79. The Labute approximate surface area is 119 Å². The van der Waals surface area contributed by atoms with Crippen molar-refractivity contribution in [2.45, 2.75) is 44.3 Å². The van der Waals surface area contributed by atoms with E-state index in [0.29, 0.717) is 6.04 Å². The normalized spacial score (nSPS) is 27.0. The van der Waals surface area contributed by atoms with Gasteiger partial charge in [0.25, 0.3) is 0 Å². The zero-order valence-corrected chi connectivity index (χ0v) is 11.8. The van der Waals surface area contributed by atoms with E-state index in [-0.39, 0.29) is 0 Å². The molecule has 2 aromatic heterocycles. The van der Waals surface area contributed by atoms with Crippen molar-refractivity contribution in [1.82, 2.24) is 19.8 Å². The molecule has 2 unspecified atom stereocenters. The fourth-order valence-electron chi connectivity index (χ4n) is 3.79. The number of pyridine rings is 1. The monoisotopic (exact) mass is 270 g/mol. The van der Waals surface area contributed by atoms with Gasteiger partial charge in [-0.3, -0.25) is 0 Å². The van der Waals surface area contributed by atoms with Gasteiger partial charge < -0.3 is 10.2 Å². The fraction of sp³-hybridized carbons (Fsp3) is 0.562. The highest BCUT2D eigenvalue weighted by atomic mass is 15.2. The van der Waals surface area contributed by atoms with Crippen LogP contribution in [0, 0.1) is 0 Å². The third-order valence-electron chi connectivity index (χ3n) is 4.91. The molecule has 0 amide bonds. The van der Waals surface area contributed by atoms with Gasteiger partial charge in [0.15, 0.2) is 0 Å². The Morgan fingerprint density at radius 3 is 3.25 bits per heavy atom. The Kier molecular flexibility index (Phi) is 3.20. The standard InChI is InChI=1S/C16H22N4/c1-2-8-20-16(5-1)13(12-18-20)11-17-14-6-9-19-7-3-4-15(19)10-14/h1-2,5,8,12,14-15,17H,3-4,6-7,9-11H2. The van der Waals surface area contributed by atoms with Crippen LogP contribution in [0.15, 0.2) is 30.6 Å². The van der Waals surface area contributed by atoms with Crippen molar-refractivity contribution in [3.05, 3.63) is 36.2 Å². The molecule has 2 aromatic rings. The van der Waals surface area contributed by atoms with Crippen LogP contribution in [0.25, 0.3) is 5.52 Å². The first kappa shape index (κ1) is 12.4. The predicted octanol–water partition coefficient (Wildman–Crippen LogP) is 2.05. The van der Waals surface area contributed by atoms with E-state index >= 15 is 0 Å². The van der Waals surface area contributed by atoms with Crippen LogP contribution in [0.3, 0.4) is 0 Å². The van der Waals surface area contributed by atoms with Gasteiger partial charge in [0.1, 0.15) is 0 Å². The Hall–Kier alpha value is -1.39. The Bertz CT molecular complexity index is 591. The molecule has 0 saturated carbocycles. The van der Waals surface area contributed by atoms with Gasteiger partial charge in [0.2, 0.25) is 0 Å². The van der Waals surface area contributed by atoms with E-state index in [9.17, 15) is 0 Å². The maximum atomic E-state index is 4.40. The van der Waals surface area contributed by atoms with Crippen molar-refractivity contribution < 1.29 is 0 Å². The summed E-state index contributed by atoms with van der Waals surface area (Å²) in [5.74, 6) is 0. The third kappa shape index (κ3) is 2.23. The molecule has 4 nitrogen and oxygen atoms in total. The summed E-state index contributed by atoms with van der Waals surface area (Å²) in [5.41, 5.74) is 2.53. The molecule has 0 spiro atoms. The van der Waals surface area contributed by atoms with Gasteiger partial charge in [0, 0.05) is 30.4 Å². The lowest BCUT2D eigenvalue weighted by Crippen LogP contribution is -2.45. The zero-order valence-electron chi connectivity index (χ0n) is 11.8. The van der Waals surface area contributed by atoms with E-state index in [4.69, 9.17) is 0 Å². The van der Waals surface area contributed by atoms with Crippen LogP contribution in [0.2, 0.25) is 0 Å². The van der Waals surface area contributed by atoms with E-state index in [2.05, 4.69) is 27.4 Å². The van der Waals surface area contributed by atoms with Gasteiger partial charge >= 0.3 is 0 Å². The van der Waals surface area contributed by atoms with Gasteiger partial charge in [-0.1, -0.05) is 6.07 Å². The van der Waals surface area contributed by atoms with Crippen molar-refractivity contribution in [3.8, 4) is 0 Å². The molecular weight excluding hydrogens is 248 g/mol. The molecule has 0 aromatic carbocycles. The maximum absolute atomic E-state index is 4.40. The van der Waals surface area contributed by atoms with Crippen LogP contribution in [-0.2, 0) is 6.54 Å². The highest BCUT2D eigenvalue weighted by Gasteiger charge is 2.31. The third-order valence-corrected chi connectivity index (χ3v) is 4.91. The SMILES string of the molecule is c1ccn2ncc(CNC3CCN4CCCC4C3)c2c1. The second-order valence-electron chi connectivity index (χ2n) is 6.13. The van der Waals surface area contributed by atoms with E-state index in [1.54, 1.807) is 0 Å². The zero-order chi connectivity index (χ0) is 13.4. The smallest absolute Gasteiger partial charge is 0.0706 e. The van der Waals surface area contributed by atoms with Crippen LogP contribution in [0.5, 0.6) is 0 Å². The van der Waals surface area contributed by atoms with Gasteiger partial charge in [-0.2, -0.15) is 5.10 Å². The molecule has 2 atom stereocenters. The number of aromatic nitrogens is 2. The molecule has 2 saturated heterocycles. The summed E-state index contributed by atoms with van der Waals surface area (Å²) in [4.78, 5) is 2.67. The van der Waals surface area contributed by atoms with E-state index < -0.39 is 0 Å². The number of nitrogens with zero attached hydrogens (tertiary/aromatic N) is 3. The largest absolute Gasteiger partial charge is 0.310 e. The van der Waals surface area contributed by atoms with Crippen LogP contribution >= 0.6 is 0 Å². The molecule has 2 aliphatic rings. The summed E-state index contributed by atoms with van der Waals surface area (Å²) >= 11 is 0. The quantitative estimate of drug-likeness (QED) is 0.926. The highest BCUT2D eigenvalue weighted by Crippen LogP contribution is 2.27.